The van der Waals surface area contributed by atoms with Crippen molar-refractivity contribution >= 4 is 40.0 Å². The monoisotopic (exact) mass is 492 g/mol. The van der Waals surface area contributed by atoms with Crippen LogP contribution >= 0.6 is 11.6 Å². The average molecular weight is 493 g/mol. The van der Waals surface area contributed by atoms with Crippen LogP contribution in [0.25, 0.3) is 22.2 Å². The van der Waals surface area contributed by atoms with Crippen LogP contribution in [-0.4, -0.2) is 45.7 Å². The molecule has 3 heterocycles. The number of carbonyl (C=O) groups is 1. The smallest absolute Gasteiger partial charge is 0.326 e. The summed E-state index contributed by atoms with van der Waals surface area (Å²) in [6, 6.07) is 12.5. The maximum absolute atomic E-state index is 13.0. The summed E-state index contributed by atoms with van der Waals surface area (Å²) in [7, 11) is 1.54. The highest BCUT2D eigenvalue weighted by Gasteiger charge is 2.27. The molecule has 1 saturated heterocycles. The first-order valence-corrected chi connectivity index (χ1v) is 11.7. The number of H-pyrrole nitrogens is 1. The Morgan fingerprint density at radius 2 is 2.00 bits per heavy atom. The molecule has 5 rings (SSSR count). The molecule has 10 heteroatoms. The van der Waals surface area contributed by atoms with Gasteiger partial charge in [-0.2, -0.15) is 0 Å². The number of piperidine rings is 1. The number of ether oxygens (including phenoxy) is 1. The minimum Gasteiger partial charge on any atom is -0.495 e. The van der Waals surface area contributed by atoms with E-state index in [4.69, 9.17) is 22.1 Å². The van der Waals surface area contributed by atoms with Crippen molar-refractivity contribution in [3.8, 4) is 16.9 Å². The molecule has 9 nitrogen and oxygen atoms in total. The summed E-state index contributed by atoms with van der Waals surface area (Å²) in [5.41, 5.74) is 10.2. The van der Waals surface area contributed by atoms with Crippen LogP contribution in [0, 0.1) is 0 Å². The number of methoxy groups -OCH3 is 1. The fourth-order valence-corrected chi connectivity index (χ4v) is 4.89. The number of fused-ring (bicyclic) bond motifs is 1. The van der Waals surface area contributed by atoms with E-state index >= 15 is 0 Å². The van der Waals surface area contributed by atoms with Crippen molar-refractivity contribution in [3.05, 3.63) is 70.4 Å². The van der Waals surface area contributed by atoms with Crippen LogP contribution in [0.5, 0.6) is 5.75 Å². The van der Waals surface area contributed by atoms with Gasteiger partial charge in [0.25, 0.3) is 0 Å². The number of rotatable bonds is 4. The number of imidazole rings is 1. The number of urea groups is 1. The van der Waals surface area contributed by atoms with E-state index in [1.165, 1.54) is 7.11 Å². The standard InChI is InChI=1S/C25H25ClN6O3/c1-35-22-6-5-17(12-20(22)26)29-24(33)31-9-7-18(8-10-31)32-21-4-2-3-19(23(21)30-25(32)34)15-11-16(27)14-28-13-15/h2-6,11-14,18H,7-10,27H2,1H3,(H,29,33)(H,30,34). The molecule has 0 spiro atoms. The van der Waals surface area contributed by atoms with Gasteiger partial charge >= 0.3 is 11.7 Å². The third-order valence-corrected chi connectivity index (χ3v) is 6.64. The largest absolute Gasteiger partial charge is 0.495 e. The highest BCUT2D eigenvalue weighted by Crippen LogP contribution is 2.31. The lowest BCUT2D eigenvalue weighted by Crippen LogP contribution is -2.42. The molecule has 0 aliphatic carbocycles. The number of hydrogen-bond acceptors (Lipinski definition) is 5. The lowest BCUT2D eigenvalue weighted by atomic mass is 10.0. The van der Waals surface area contributed by atoms with Gasteiger partial charge in [0.05, 0.1) is 28.9 Å². The van der Waals surface area contributed by atoms with Gasteiger partial charge in [0.15, 0.2) is 0 Å². The van der Waals surface area contributed by atoms with Crippen molar-refractivity contribution in [2.24, 2.45) is 0 Å². The Morgan fingerprint density at radius 1 is 1.20 bits per heavy atom. The van der Waals surface area contributed by atoms with E-state index in [1.54, 1.807) is 40.1 Å². The van der Waals surface area contributed by atoms with Crippen LogP contribution in [0.4, 0.5) is 16.2 Å². The van der Waals surface area contributed by atoms with E-state index in [9.17, 15) is 9.59 Å². The van der Waals surface area contributed by atoms with E-state index in [0.717, 1.165) is 22.2 Å². The Labute approximate surface area is 206 Å². The van der Waals surface area contributed by atoms with E-state index < -0.39 is 0 Å². The molecule has 1 fully saturated rings. The molecule has 0 atom stereocenters. The molecule has 0 saturated carbocycles. The molecule has 0 bridgehead atoms. The zero-order chi connectivity index (χ0) is 24.5. The zero-order valence-corrected chi connectivity index (χ0v) is 19.9. The molecule has 0 radical (unpaired) electrons. The number of amides is 2. The number of nitrogens with one attached hydrogen (secondary N) is 2. The van der Waals surface area contributed by atoms with Crippen LogP contribution in [0.3, 0.4) is 0 Å². The number of aromatic amines is 1. The lowest BCUT2D eigenvalue weighted by Gasteiger charge is -2.32. The number of hydrogen-bond donors (Lipinski definition) is 3. The average Bonchev–Trinajstić information content (AvgIpc) is 3.20. The molecule has 2 amide bonds. The van der Waals surface area contributed by atoms with E-state index in [1.807, 2.05) is 24.3 Å². The van der Waals surface area contributed by atoms with Crippen molar-refractivity contribution in [1.29, 1.82) is 0 Å². The molecule has 0 unspecified atom stereocenters. The van der Waals surface area contributed by atoms with Gasteiger partial charge in [0.2, 0.25) is 0 Å². The number of nitrogens with zero attached hydrogens (tertiary/aromatic N) is 3. The van der Waals surface area contributed by atoms with Crippen molar-refractivity contribution in [3.63, 3.8) is 0 Å². The highest BCUT2D eigenvalue weighted by molar-refractivity contribution is 6.32. The first kappa shape index (κ1) is 22.8. The molecule has 1 aliphatic heterocycles. The number of pyridine rings is 1. The molecular weight excluding hydrogens is 468 g/mol. The number of nitrogens with two attached hydrogens (primary N) is 1. The van der Waals surface area contributed by atoms with E-state index in [0.29, 0.717) is 48.1 Å². The van der Waals surface area contributed by atoms with Gasteiger partial charge in [0, 0.05) is 48.3 Å². The second-order valence-corrected chi connectivity index (χ2v) is 8.91. The Bertz CT molecular complexity index is 1460. The number of carbonyl (C=O) groups excluding carboxylic acids is 1. The predicted molar refractivity (Wildman–Crippen MR) is 137 cm³/mol. The van der Waals surface area contributed by atoms with Crippen LogP contribution in [0.2, 0.25) is 5.02 Å². The van der Waals surface area contributed by atoms with Crippen molar-refractivity contribution in [2.45, 2.75) is 18.9 Å². The number of anilines is 2. The highest BCUT2D eigenvalue weighted by atomic mass is 35.5. The van der Waals surface area contributed by atoms with Crippen molar-refractivity contribution in [2.75, 3.05) is 31.2 Å². The number of likely N-dealkylation sites (tertiary alicyclic amines) is 1. The SMILES string of the molecule is COc1ccc(NC(=O)N2CCC(n3c(=O)[nH]c4c(-c5cncc(N)c5)cccc43)CC2)cc1Cl. The molecule has 4 N–H and O–H groups in total. The number of para-hydroxylation sites is 1. The fourth-order valence-electron chi connectivity index (χ4n) is 4.63. The van der Waals surface area contributed by atoms with E-state index in [-0.39, 0.29) is 17.8 Å². The first-order chi connectivity index (χ1) is 16.9. The van der Waals surface area contributed by atoms with Crippen LogP contribution in [-0.2, 0) is 0 Å². The van der Waals surface area contributed by atoms with E-state index in [2.05, 4.69) is 15.3 Å². The van der Waals surface area contributed by atoms with Gasteiger partial charge in [0.1, 0.15) is 5.75 Å². The second kappa shape index (κ2) is 9.34. The van der Waals surface area contributed by atoms with Gasteiger partial charge in [-0.05, 0) is 43.2 Å². The minimum atomic E-state index is -0.201. The van der Waals surface area contributed by atoms with Gasteiger partial charge in [-0.15, -0.1) is 0 Å². The summed E-state index contributed by atoms with van der Waals surface area (Å²) in [4.78, 5) is 34.7. The maximum Gasteiger partial charge on any atom is 0.326 e. The molecule has 1 aliphatic rings. The van der Waals surface area contributed by atoms with Crippen LogP contribution in [0.1, 0.15) is 18.9 Å². The topological polar surface area (TPSA) is 118 Å². The van der Waals surface area contributed by atoms with Crippen LogP contribution in [0.15, 0.2) is 59.7 Å². The number of halogens is 1. The third-order valence-electron chi connectivity index (χ3n) is 6.34. The summed E-state index contributed by atoms with van der Waals surface area (Å²) in [5.74, 6) is 0.546. The molecule has 180 valence electrons. The molecule has 2 aromatic carbocycles. The molecule has 2 aromatic heterocycles. The third kappa shape index (κ3) is 4.42. The summed E-state index contributed by atoms with van der Waals surface area (Å²) >= 11 is 6.16. The maximum atomic E-state index is 13.0. The normalized spacial score (nSPS) is 14.3. The first-order valence-electron chi connectivity index (χ1n) is 11.3. The minimum absolute atomic E-state index is 0.0232. The van der Waals surface area contributed by atoms with Gasteiger partial charge in [-0.1, -0.05) is 23.7 Å². The summed E-state index contributed by atoms with van der Waals surface area (Å²) in [5, 5.41) is 3.31. The molecular formula is C25H25ClN6O3. The quantitative estimate of drug-likeness (QED) is 0.387. The number of aromatic nitrogens is 3. The zero-order valence-electron chi connectivity index (χ0n) is 19.1. The predicted octanol–water partition coefficient (Wildman–Crippen LogP) is 4.50. The Balaban J connectivity index is 1.32. The molecule has 35 heavy (non-hydrogen) atoms. The van der Waals surface area contributed by atoms with Gasteiger partial charge in [-0.25, -0.2) is 9.59 Å². The lowest BCUT2D eigenvalue weighted by molar-refractivity contribution is 0.184. The van der Waals surface area contributed by atoms with Crippen molar-refractivity contribution in [1.82, 2.24) is 19.4 Å². The van der Waals surface area contributed by atoms with Gasteiger partial charge in [-0.3, -0.25) is 9.55 Å². The second-order valence-electron chi connectivity index (χ2n) is 8.50. The number of benzene rings is 2. The fraction of sp³-hybridized carbons (Fsp3) is 0.240. The van der Waals surface area contributed by atoms with Crippen molar-refractivity contribution < 1.29 is 9.53 Å². The summed E-state index contributed by atoms with van der Waals surface area (Å²) in [6.07, 6.45) is 4.64. The Hall–Kier alpha value is -3.98. The number of nitrogen functional groups attached to an aromatic ring is 1. The summed E-state index contributed by atoms with van der Waals surface area (Å²) < 4.78 is 6.95. The Kier molecular flexibility index (Phi) is 6.08. The summed E-state index contributed by atoms with van der Waals surface area (Å²) in [6.45, 7) is 1.05. The molecule has 4 aromatic rings. The van der Waals surface area contributed by atoms with Gasteiger partial charge < -0.3 is 25.7 Å². The van der Waals surface area contributed by atoms with Crippen LogP contribution < -0.4 is 21.5 Å². The Morgan fingerprint density at radius 3 is 2.71 bits per heavy atom.